The molecule has 1 heterocycles. The molecule has 3 N–H and O–H groups in total. The fourth-order valence-corrected chi connectivity index (χ4v) is 1.90. The summed E-state index contributed by atoms with van der Waals surface area (Å²) in [6.07, 6.45) is 0. The molecule has 0 saturated carbocycles. The Kier molecular flexibility index (Phi) is 4.31. The predicted molar refractivity (Wildman–Crippen MR) is 58.2 cm³/mol. The topological polar surface area (TPSA) is 52.7 Å². The molecule has 1 saturated heterocycles. The number of piperazine rings is 1. The van der Waals surface area contributed by atoms with E-state index in [2.05, 4.69) is 9.80 Å². The maximum atomic E-state index is 9.66. The zero-order chi connectivity index (χ0) is 10.6. The number of hydrogen-bond donors (Lipinski definition) is 2. The number of β-amino-alcohol motifs (C(OH)–C–C–N with tert-alkyl or cyclic N) is 1. The lowest BCUT2D eigenvalue weighted by Crippen LogP contribution is -2.51. The van der Waals surface area contributed by atoms with Crippen LogP contribution in [0.25, 0.3) is 0 Å². The second kappa shape index (κ2) is 5.07. The second-order valence-electron chi connectivity index (χ2n) is 4.72. The molecule has 0 spiro atoms. The Morgan fingerprint density at radius 3 is 2.07 bits per heavy atom. The fraction of sp³-hybridized carbons (Fsp3) is 1.00. The van der Waals surface area contributed by atoms with Gasteiger partial charge in [0.05, 0.1) is 5.60 Å². The van der Waals surface area contributed by atoms with E-state index in [1.54, 1.807) is 0 Å². The van der Waals surface area contributed by atoms with Crippen LogP contribution >= 0.6 is 0 Å². The summed E-state index contributed by atoms with van der Waals surface area (Å²) in [5, 5.41) is 9.66. The van der Waals surface area contributed by atoms with Gasteiger partial charge in [0.15, 0.2) is 0 Å². The van der Waals surface area contributed by atoms with Gasteiger partial charge in [0.25, 0.3) is 0 Å². The van der Waals surface area contributed by atoms with Crippen LogP contribution in [0.1, 0.15) is 13.8 Å². The summed E-state index contributed by atoms with van der Waals surface area (Å²) >= 11 is 0. The molecule has 4 nitrogen and oxygen atoms in total. The predicted octanol–water partition coefficient (Wildman–Crippen LogP) is -0.666. The van der Waals surface area contributed by atoms with E-state index in [0.29, 0.717) is 0 Å². The van der Waals surface area contributed by atoms with Crippen molar-refractivity contribution < 1.29 is 5.11 Å². The van der Waals surface area contributed by atoms with Gasteiger partial charge in [-0.15, -0.1) is 0 Å². The molecule has 84 valence electrons. The van der Waals surface area contributed by atoms with Crippen molar-refractivity contribution in [3.05, 3.63) is 0 Å². The maximum Gasteiger partial charge on any atom is 0.0718 e. The largest absolute Gasteiger partial charge is 0.389 e. The quantitative estimate of drug-likeness (QED) is 0.634. The van der Waals surface area contributed by atoms with Gasteiger partial charge in [0, 0.05) is 45.8 Å². The van der Waals surface area contributed by atoms with Crippen LogP contribution < -0.4 is 5.73 Å². The standard InChI is InChI=1S/C10H23N3O/c1-10(2,14)9-13-7-5-12(4-3-11)6-8-13/h14H,3-9,11H2,1-2H3. The minimum atomic E-state index is -0.573. The molecule has 0 aromatic heterocycles. The van der Waals surface area contributed by atoms with Crippen molar-refractivity contribution in [3.63, 3.8) is 0 Å². The lowest BCUT2D eigenvalue weighted by Gasteiger charge is -2.37. The monoisotopic (exact) mass is 201 g/mol. The molecular weight excluding hydrogens is 178 g/mol. The van der Waals surface area contributed by atoms with Crippen LogP contribution in [-0.4, -0.2) is 66.3 Å². The molecule has 1 rings (SSSR count). The van der Waals surface area contributed by atoms with Gasteiger partial charge in [-0.3, -0.25) is 9.80 Å². The lowest BCUT2D eigenvalue weighted by atomic mass is 10.1. The number of nitrogens with two attached hydrogens (primary N) is 1. The normalized spacial score (nSPS) is 21.4. The van der Waals surface area contributed by atoms with Crippen LogP contribution in [0, 0.1) is 0 Å². The number of rotatable bonds is 4. The van der Waals surface area contributed by atoms with E-state index in [4.69, 9.17) is 5.73 Å². The molecule has 1 aliphatic rings. The van der Waals surface area contributed by atoms with E-state index in [-0.39, 0.29) is 0 Å². The van der Waals surface area contributed by atoms with E-state index >= 15 is 0 Å². The molecule has 0 bridgehead atoms. The highest BCUT2D eigenvalue weighted by Gasteiger charge is 2.21. The van der Waals surface area contributed by atoms with Crippen LogP contribution in [0.15, 0.2) is 0 Å². The Balaban J connectivity index is 2.22. The van der Waals surface area contributed by atoms with Crippen LogP contribution in [0.5, 0.6) is 0 Å². The van der Waals surface area contributed by atoms with E-state index < -0.39 is 5.60 Å². The van der Waals surface area contributed by atoms with E-state index in [1.807, 2.05) is 13.8 Å². The highest BCUT2D eigenvalue weighted by Crippen LogP contribution is 2.07. The number of aliphatic hydroxyl groups is 1. The summed E-state index contributed by atoms with van der Waals surface area (Å²) in [4.78, 5) is 4.69. The first kappa shape index (κ1) is 11.9. The van der Waals surface area contributed by atoms with Gasteiger partial charge in [0.2, 0.25) is 0 Å². The third kappa shape index (κ3) is 4.37. The Morgan fingerprint density at radius 1 is 1.14 bits per heavy atom. The summed E-state index contributed by atoms with van der Waals surface area (Å²) in [7, 11) is 0. The number of hydrogen-bond acceptors (Lipinski definition) is 4. The molecular formula is C10H23N3O. The van der Waals surface area contributed by atoms with Gasteiger partial charge in [-0.25, -0.2) is 0 Å². The third-order valence-corrected chi connectivity index (χ3v) is 2.52. The average Bonchev–Trinajstić information content (AvgIpc) is 2.06. The highest BCUT2D eigenvalue weighted by molar-refractivity contribution is 4.77. The summed E-state index contributed by atoms with van der Waals surface area (Å²) in [5.41, 5.74) is 4.93. The second-order valence-corrected chi connectivity index (χ2v) is 4.72. The minimum Gasteiger partial charge on any atom is -0.389 e. The molecule has 1 fully saturated rings. The van der Waals surface area contributed by atoms with E-state index in [9.17, 15) is 5.11 Å². The van der Waals surface area contributed by atoms with E-state index in [0.717, 1.165) is 45.8 Å². The number of nitrogens with zero attached hydrogens (tertiary/aromatic N) is 2. The molecule has 0 unspecified atom stereocenters. The summed E-state index contributed by atoms with van der Waals surface area (Å²) in [6, 6.07) is 0. The van der Waals surface area contributed by atoms with Gasteiger partial charge < -0.3 is 10.8 Å². The molecule has 4 heteroatoms. The zero-order valence-corrected chi connectivity index (χ0v) is 9.37. The first-order valence-electron chi connectivity index (χ1n) is 5.38. The molecule has 0 atom stereocenters. The van der Waals surface area contributed by atoms with Crippen molar-refractivity contribution in [2.24, 2.45) is 5.73 Å². The van der Waals surface area contributed by atoms with Gasteiger partial charge in [0.1, 0.15) is 0 Å². The van der Waals surface area contributed by atoms with Gasteiger partial charge in [-0.05, 0) is 13.8 Å². The van der Waals surface area contributed by atoms with Crippen LogP contribution in [0.3, 0.4) is 0 Å². The highest BCUT2D eigenvalue weighted by atomic mass is 16.3. The first-order valence-corrected chi connectivity index (χ1v) is 5.38. The average molecular weight is 201 g/mol. The van der Waals surface area contributed by atoms with Gasteiger partial charge >= 0.3 is 0 Å². The Morgan fingerprint density at radius 2 is 1.64 bits per heavy atom. The van der Waals surface area contributed by atoms with Gasteiger partial charge in [-0.1, -0.05) is 0 Å². The molecule has 14 heavy (non-hydrogen) atoms. The van der Waals surface area contributed by atoms with Gasteiger partial charge in [-0.2, -0.15) is 0 Å². The third-order valence-electron chi connectivity index (χ3n) is 2.52. The Hall–Kier alpha value is -0.160. The zero-order valence-electron chi connectivity index (χ0n) is 9.37. The lowest BCUT2D eigenvalue weighted by molar-refractivity contribution is 0.0182. The molecule has 0 amide bonds. The van der Waals surface area contributed by atoms with Crippen molar-refractivity contribution >= 4 is 0 Å². The molecule has 0 aliphatic carbocycles. The fourth-order valence-electron chi connectivity index (χ4n) is 1.90. The molecule has 1 aliphatic heterocycles. The van der Waals surface area contributed by atoms with Crippen molar-refractivity contribution in [1.82, 2.24) is 9.80 Å². The summed E-state index contributed by atoms with van der Waals surface area (Å²) < 4.78 is 0. The summed E-state index contributed by atoms with van der Waals surface area (Å²) in [5.74, 6) is 0. The SMILES string of the molecule is CC(C)(O)CN1CCN(CCN)CC1. The van der Waals surface area contributed by atoms with Crippen LogP contribution in [0.2, 0.25) is 0 Å². The summed E-state index contributed by atoms with van der Waals surface area (Å²) in [6.45, 7) is 10.5. The maximum absolute atomic E-state index is 9.66. The first-order chi connectivity index (χ1) is 6.51. The Bertz CT molecular complexity index is 159. The molecule has 0 radical (unpaired) electrons. The van der Waals surface area contributed by atoms with Crippen LogP contribution in [-0.2, 0) is 0 Å². The molecule has 0 aromatic rings. The smallest absolute Gasteiger partial charge is 0.0718 e. The van der Waals surface area contributed by atoms with E-state index in [1.165, 1.54) is 0 Å². The van der Waals surface area contributed by atoms with Crippen molar-refractivity contribution in [2.75, 3.05) is 45.8 Å². The van der Waals surface area contributed by atoms with Crippen LogP contribution in [0.4, 0.5) is 0 Å². The van der Waals surface area contributed by atoms with Crippen molar-refractivity contribution in [1.29, 1.82) is 0 Å². The van der Waals surface area contributed by atoms with Crippen molar-refractivity contribution in [3.8, 4) is 0 Å². The van der Waals surface area contributed by atoms with Crippen molar-refractivity contribution in [2.45, 2.75) is 19.4 Å². The Labute approximate surface area is 86.7 Å². The molecule has 0 aromatic carbocycles. The minimum absolute atomic E-state index is 0.573.